The van der Waals surface area contributed by atoms with Gasteiger partial charge in [0.1, 0.15) is 12.4 Å². The predicted molar refractivity (Wildman–Crippen MR) is 172 cm³/mol. The quantitative estimate of drug-likeness (QED) is 0.114. The van der Waals surface area contributed by atoms with Gasteiger partial charge in [-0.2, -0.15) is 0 Å². The molecule has 0 aliphatic rings. The summed E-state index contributed by atoms with van der Waals surface area (Å²) in [7, 11) is 0. The molecule has 0 radical (unpaired) electrons. The summed E-state index contributed by atoms with van der Waals surface area (Å²) < 4.78 is 20.7. The molecular formula is C36H53NO4. The van der Waals surface area contributed by atoms with E-state index in [0.717, 1.165) is 60.7 Å². The molecule has 0 bridgehead atoms. The Bertz CT molecular complexity index is 1190. The van der Waals surface area contributed by atoms with E-state index in [-0.39, 0.29) is 5.56 Å². The van der Waals surface area contributed by atoms with E-state index in [4.69, 9.17) is 14.2 Å². The Kier molecular flexibility index (Phi) is 15.3. The first-order valence-electron chi connectivity index (χ1n) is 16.3. The number of aryl methyl sites for hydroxylation is 1. The fraction of sp³-hybridized carbons (Fsp3) is 0.583. The van der Waals surface area contributed by atoms with Gasteiger partial charge in [0, 0.05) is 18.0 Å². The predicted octanol–water partition coefficient (Wildman–Crippen LogP) is 9.86. The lowest BCUT2D eigenvalue weighted by Crippen LogP contribution is -2.24. The lowest BCUT2D eigenvalue weighted by Gasteiger charge is -2.19. The number of fused-ring (bicyclic) bond motifs is 1. The minimum atomic E-state index is -0.0923. The smallest absolute Gasteiger partial charge is 0.297 e. The third-order valence-corrected chi connectivity index (χ3v) is 7.62. The highest BCUT2D eigenvalue weighted by molar-refractivity contribution is 5.89. The van der Waals surface area contributed by atoms with Crippen LogP contribution in [0.15, 0.2) is 53.3 Å². The van der Waals surface area contributed by atoms with E-state index >= 15 is 0 Å². The maximum atomic E-state index is 14.0. The zero-order valence-corrected chi connectivity index (χ0v) is 25.9. The molecule has 0 N–H and O–H groups in total. The number of ether oxygens (including phenoxy) is 3. The van der Waals surface area contributed by atoms with E-state index in [2.05, 4.69) is 32.9 Å². The molecule has 226 valence electrons. The molecule has 0 amide bonds. The standard InChI is InChI=1S/C36H53NO4/c1-4-7-10-13-14-18-25-37-33-28-31(41-29-30-21-16-15-17-22-30)23-24-32(33)34(39-26-19-11-8-5-2)35(36(37)38)40-27-20-12-9-6-3/h15-17,21-24,28H,4-14,18-20,25-27,29H2,1-3H3. The molecule has 0 aliphatic heterocycles. The number of nitrogens with zero attached hydrogens (tertiary/aromatic N) is 1. The molecule has 0 atom stereocenters. The zero-order valence-electron chi connectivity index (χ0n) is 25.9. The fourth-order valence-corrected chi connectivity index (χ4v) is 5.16. The number of rotatable bonds is 22. The molecule has 1 aromatic heterocycles. The molecule has 0 fully saturated rings. The van der Waals surface area contributed by atoms with Crippen LogP contribution < -0.4 is 19.8 Å². The maximum Gasteiger partial charge on any atom is 0.297 e. The summed E-state index contributed by atoms with van der Waals surface area (Å²) in [5, 5.41) is 0.918. The number of hydrogen-bond acceptors (Lipinski definition) is 4. The van der Waals surface area contributed by atoms with E-state index in [0.29, 0.717) is 37.9 Å². The average molecular weight is 564 g/mol. The number of benzene rings is 2. The van der Waals surface area contributed by atoms with Crippen LogP contribution in [0.25, 0.3) is 10.9 Å². The highest BCUT2D eigenvalue weighted by Crippen LogP contribution is 2.35. The van der Waals surface area contributed by atoms with Crippen LogP contribution in [0.3, 0.4) is 0 Å². The Morgan fingerprint density at radius 3 is 1.85 bits per heavy atom. The van der Waals surface area contributed by atoms with Crippen molar-refractivity contribution in [2.24, 2.45) is 0 Å². The van der Waals surface area contributed by atoms with Crippen LogP contribution >= 0.6 is 0 Å². The average Bonchev–Trinajstić information content (AvgIpc) is 3.00. The van der Waals surface area contributed by atoms with Crippen LogP contribution in [0, 0.1) is 0 Å². The SMILES string of the molecule is CCCCCCCCn1c(=O)c(OCCCCCC)c(OCCCCCC)c2ccc(OCc3ccccc3)cc21. The first kappa shape index (κ1) is 32.6. The second-order valence-electron chi connectivity index (χ2n) is 11.2. The molecule has 41 heavy (non-hydrogen) atoms. The molecule has 3 aromatic rings. The van der Waals surface area contributed by atoms with Crippen molar-refractivity contribution in [3.05, 3.63) is 64.4 Å². The van der Waals surface area contributed by atoms with Gasteiger partial charge in [0.25, 0.3) is 5.56 Å². The molecule has 3 rings (SSSR count). The van der Waals surface area contributed by atoms with Gasteiger partial charge in [0.05, 0.1) is 18.7 Å². The van der Waals surface area contributed by atoms with Crippen LogP contribution in [0.2, 0.25) is 0 Å². The molecule has 2 aromatic carbocycles. The summed E-state index contributed by atoms with van der Waals surface area (Å²) in [6.45, 7) is 8.89. The van der Waals surface area contributed by atoms with E-state index in [1.165, 1.54) is 51.4 Å². The van der Waals surface area contributed by atoms with Gasteiger partial charge in [-0.15, -0.1) is 0 Å². The van der Waals surface area contributed by atoms with Crippen molar-refractivity contribution in [3.63, 3.8) is 0 Å². The van der Waals surface area contributed by atoms with Crippen molar-refractivity contribution in [2.75, 3.05) is 13.2 Å². The number of unbranched alkanes of at least 4 members (excludes halogenated alkanes) is 11. The minimum absolute atomic E-state index is 0.0923. The summed E-state index contributed by atoms with van der Waals surface area (Å²) in [5.41, 5.74) is 1.88. The Labute approximate surface area is 248 Å². The zero-order chi connectivity index (χ0) is 29.1. The van der Waals surface area contributed by atoms with Crippen LogP contribution in [-0.2, 0) is 13.2 Å². The summed E-state index contributed by atoms with van der Waals surface area (Å²) in [4.78, 5) is 14.0. The summed E-state index contributed by atoms with van der Waals surface area (Å²) in [5.74, 6) is 1.71. The van der Waals surface area contributed by atoms with Gasteiger partial charge in [0.15, 0.2) is 5.75 Å². The highest BCUT2D eigenvalue weighted by atomic mass is 16.5. The maximum absolute atomic E-state index is 14.0. The monoisotopic (exact) mass is 563 g/mol. The van der Waals surface area contributed by atoms with Gasteiger partial charge in [-0.3, -0.25) is 4.79 Å². The lowest BCUT2D eigenvalue weighted by molar-refractivity contribution is 0.256. The van der Waals surface area contributed by atoms with Crippen molar-refractivity contribution < 1.29 is 14.2 Å². The molecule has 0 saturated heterocycles. The lowest BCUT2D eigenvalue weighted by atomic mass is 10.1. The normalized spacial score (nSPS) is 11.2. The number of aromatic nitrogens is 1. The second-order valence-corrected chi connectivity index (χ2v) is 11.2. The van der Waals surface area contributed by atoms with Gasteiger partial charge >= 0.3 is 0 Å². The van der Waals surface area contributed by atoms with Gasteiger partial charge in [-0.1, -0.05) is 122 Å². The summed E-state index contributed by atoms with van der Waals surface area (Å²) >= 11 is 0. The Morgan fingerprint density at radius 1 is 0.610 bits per heavy atom. The second kappa shape index (κ2) is 19.2. The van der Waals surface area contributed by atoms with Gasteiger partial charge < -0.3 is 18.8 Å². The molecule has 0 unspecified atom stereocenters. The molecule has 0 aliphatic carbocycles. The Hall–Kier alpha value is -2.95. The van der Waals surface area contributed by atoms with Crippen LogP contribution in [0.4, 0.5) is 0 Å². The van der Waals surface area contributed by atoms with Gasteiger partial charge in [0.2, 0.25) is 5.75 Å². The summed E-state index contributed by atoms with van der Waals surface area (Å²) in [6.07, 6.45) is 15.9. The highest BCUT2D eigenvalue weighted by Gasteiger charge is 2.20. The van der Waals surface area contributed by atoms with Crippen molar-refractivity contribution in [1.29, 1.82) is 0 Å². The molecule has 1 heterocycles. The topological polar surface area (TPSA) is 49.7 Å². The van der Waals surface area contributed by atoms with Gasteiger partial charge in [-0.05, 0) is 37.0 Å². The first-order valence-corrected chi connectivity index (χ1v) is 16.3. The summed E-state index contributed by atoms with van der Waals surface area (Å²) in [6, 6.07) is 16.2. The fourth-order valence-electron chi connectivity index (χ4n) is 5.16. The van der Waals surface area contributed by atoms with Gasteiger partial charge in [-0.25, -0.2) is 0 Å². The van der Waals surface area contributed by atoms with Crippen molar-refractivity contribution in [3.8, 4) is 17.2 Å². The number of hydrogen-bond donors (Lipinski definition) is 0. The van der Waals surface area contributed by atoms with E-state index in [1.807, 2.05) is 41.0 Å². The van der Waals surface area contributed by atoms with Crippen LogP contribution in [0.1, 0.15) is 116 Å². The Balaban J connectivity index is 1.93. The van der Waals surface area contributed by atoms with Crippen molar-refractivity contribution in [2.45, 2.75) is 124 Å². The van der Waals surface area contributed by atoms with Crippen LogP contribution in [-0.4, -0.2) is 17.8 Å². The number of pyridine rings is 1. The molecule has 0 saturated carbocycles. The molecule has 5 heteroatoms. The third kappa shape index (κ3) is 10.8. The third-order valence-electron chi connectivity index (χ3n) is 7.62. The van der Waals surface area contributed by atoms with E-state index in [1.54, 1.807) is 0 Å². The molecular weight excluding hydrogens is 510 g/mol. The molecule has 5 nitrogen and oxygen atoms in total. The van der Waals surface area contributed by atoms with Crippen LogP contribution in [0.5, 0.6) is 17.2 Å². The molecule has 0 spiro atoms. The van der Waals surface area contributed by atoms with Crippen molar-refractivity contribution in [1.82, 2.24) is 4.57 Å². The van der Waals surface area contributed by atoms with E-state index < -0.39 is 0 Å². The Morgan fingerprint density at radius 2 is 1.20 bits per heavy atom. The minimum Gasteiger partial charge on any atom is -0.489 e. The van der Waals surface area contributed by atoms with E-state index in [9.17, 15) is 4.79 Å². The largest absolute Gasteiger partial charge is 0.489 e. The van der Waals surface area contributed by atoms with Crippen molar-refractivity contribution >= 4 is 10.9 Å². The first-order chi connectivity index (χ1) is 20.2.